The predicted octanol–water partition coefficient (Wildman–Crippen LogP) is 2.49. The molecule has 2 N–H and O–H groups in total. The van der Waals surface area contributed by atoms with Crippen molar-refractivity contribution in [2.24, 2.45) is 5.92 Å². The van der Waals surface area contributed by atoms with Crippen molar-refractivity contribution in [2.75, 3.05) is 29.9 Å². The number of pyridine rings is 1. The Morgan fingerprint density at radius 2 is 1.97 bits per heavy atom. The Bertz CT molecular complexity index is 896. The van der Waals surface area contributed by atoms with Crippen LogP contribution in [0.2, 0.25) is 0 Å². The van der Waals surface area contributed by atoms with Crippen LogP contribution < -0.4 is 15.5 Å². The molecule has 0 radical (unpaired) electrons. The monoisotopic (exact) mass is 391 g/mol. The van der Waals surface area contributed by atoms with Crippen molar-refractivity contribution in [2.45, 2.75) is 26.2 Å². The molecule has 1 aliphatic rings. The second kappa shape index (κ2) is 9.69. The highest BCUT2D eigenvalue weighted by atomic mass is 16.2. The third-order valence-electron chi connectivity index (χ3n) is 5.16. The quantitative estimate of drug-likeness (QED) is 0.788. The fourth-order valence-electron chi connectivity index (χ4n) is 3.47. The van der Waals surface area contributed by atoms with Gasteiger partial charge in [0, 0.05) is 30.9 Å². The largest absolute Gasteiger partial charge is 0.357 e. The van der Waals surface area contributed by atoms with Crippen LogP contribution in [0.1, 0.15) is 30.9 Å². The second-order valence-corrected chi connectivity index (χ2v) is 7.05. The van der Waals surface area contributed by atoms with Gasteiger partial charge in [-0.3, -0.25) is 9.59 Å². The van der Waals surface area contributed by atoms with Gasteiger partial charge >= 0.3 is 0 Å². The van der Waals surface area contributed by atoms with Crippen molar-refractivity contribution >= 4 is 23.3 Å². The molecule has 3 rings (SSSR count). The minimum atomic E-state index is -0.224. The molecule has 150 valence electrons. The van der Waals surface area contributed by atoms with Gasteiger partial charge in [0.2, 0.25) is 11.8 Å². The minimum absolute atomic E-state index is 0.0335. The number of carbonyl (C=O) groups is 2. The third kappa shape index (κ3) is 5.32. The number of rotatable bonds is 6. The van der Waals surface area contributed by atoms with E-state index >= 15 is 0 Å². The zero-order chi connectivity index (χ0) is 20.6. The zero-order valence-corrected chi connectivity index (χ0v) is 16.5. The van der Waals surface area contributed by atoms with Crippen LogP contribution in [0.25, 0.3) is 0 Å². The normalized spacial score (nSPS) is 14.1. The molecule has 7 heteroatoms. The first-order valence-electron chi connectivity index (χ1n) is 9.87. The molecule has 0 aliphatic carbocycles. The number of aryl methyl sites for hydroxylation is 1. The maximum absolute atomic E-state index is 12.4. The summed E-state index contributed by atoms with van der Waals surface area (Å²) in [6.07, 6.45) is 3.79. The number of hydrogen-bond acceptors (Lipinski definition) is 5. The van der Waals surface area contributed by atoms with Crippen molar-refractivity contribution < 1.29 is 9.59 Å². The number of benzene rings is 1. The highest BCUT2D eigenvalue weighted by molar-refractivity contribution is 5.95. The zero-order valence-electron chi connectivity index (χ0n) is 16.5. The molecule has 7 nitrogen and oxygen atoms in total. The SMILES string of the molecule is CCc1ccccc1NC(=O)CNC(=O)C1CCN(c2ccc(C#N)cn2)CC1. The summed E-state index contributed by atoms with van der Waals surface area (Å²) in [6, 6.07) is 13.3. The average molecular weight is 391 g/mol. The predicted molar refractivity (Wildman–Crippen MR) is 111 cm³/mol. The summed E-state index contributed by atoms with van der Waals surface area (Å²) in [6.45, 7) is 3.43. The second-order valence-electron chi connectivity index (χ2n) is 7.05. The molecule has 1 saturated heterocycles. The molecule has 1 fully saturated rings. The van der Waals surface area contributed by atoms with Crippen molar-refractivity contribution in [1.29, 1.82) is 5.26 Å². The number of piperidine rings is 1. The maximum atomic E-state index is 12.4. The van der Waals surface area contributed by atoms with E-state index in [1.165, 1.54) is 0 Å². The molecule has 2 heterocycles. The van der Waals surface area contributed by atoms with Gasteiger partial charge in [-0.2, -0.15) is 5.26 Å². The summed E-state index contributed by atoms with van der Waals surface area (Å²) in [5.41, 5.74) is 2.39. The van der Waals surface area contributed by atoms with E-state index in [9.17, 15) is 9.59 Å². The summed E-state index contributed by atoms with van der Waals surface area (Å²) < 4.78 is 0. The van der Waals surface area contributed by atoms with Gasteiger partial charge in [-0.1, -0.05) is 25.1 Å². The molecule has 1 aliphatic heterocycles. The lowest BCUT2D eigenvalue weighted by atomic mass is 9.96. The van der Waals surface area contributed by atoms with Gasteiger partial charge < -0.3 is 15.5 Å². The van der Waals surface area contributed by atoms with Gasteiger partial charge in [-0.25, -0.2) is 4.98 Å². The Balaban J connectivity index is 1.44. The number of carbonyl (C=O) groups excluding carboxylic acids is 2. The van der Waals surface area contributed by atoms with Crippen LogP contribution in [-0.2, 0) is 16.0 Å². The summed E-state index contributed by atoms with van der Waals surface area (Å²) >= 11 is 0. The van der Waals surface area contributed by atoms with E-state index < -0.39 is 0 Å². The van der Waals surface area contributed by atoms with Gasteiger partial charge in [0.1, 0.15) is 11.9 Å². The first-order valence-corrected chi connectivity index (χ1v) is 9.87. The highest BCUT2D eigenvalue weighted by Gasteiger charge is 2.25. The minimum Gasteiger partial charge on any atom is -0.357 e. The van der Waals surface area contributed by atoms with Crippen LogP contribution in [0, 0.1) is 17.2 Å². The van der Waals surface area contributed by atoms with Crippen LogP contribution in [0.5, 0.6) is 0 Å². The third-order valence-corrected chi connectivity index (χ3v) is 5.16. The van der Waals surface area contributed by atoms with E-state index in [4.69, 9.17) is 5.26 Å². The first-order chi connectivity index (χ1) is 14.1. The summed E-state index contributed by atoms with van der Waals surface area (Å²) in [7, 11) is 0. The molecule has 2 aromatic rings. The van der Waals surface area contributed by atoms with E-state index in [1.807, 2.05) is 37.3 Å². The van der Waals surface area contributed by atoms with Gasteiger partial charge in [-0.15, -0.1) is 0 Å². The molecule has 0 atom stereocenters. The lowest BCUT2D eigenvalue weighted by molar-refractivity contribution is -0.127. The van der Waals surface area contributed by atoms with Crippen LogP contribution in [0.4, 0.5) is 11.5 Å². The Morgan fingerprint density at radius 1 is 1.21 bits per heavy atom. The Kier molecular flexibility index (Phi) is 6.80. The number of anilines is 2. The Hall–Kier alpha value is -3.40. The molecule has 1 aromatic carbocycles. The van der Waals surface area contributed by atoms with Crippen molar-refractivity contribution in [3.05, 3.63) is 53.7 Å². The van der Waals surface area contributed by atoms with Gasteiger partial charge in [0.25, 0.3) is 0 Å². The van der Waals surface area contributed by atoms with Crippen LogP contribution in [-0.4, -0.2) is 36.4 Å². The van der Waals surface area contributed by atoms with E-state index in [2.05, 4.69) is 26.6 Å². The van der Waals surface area contributed by atoms with Gasteiger partial charge in [0.05, 0.1) is 12.1 Å². The van der Waals surface area contributed by atoms with Gasteiger partial charge in [-0.05, 0) is 43.0 Å². The van der Waals surface area contributed by atoms with E-state index in [-0.39, 0.29) is 24.3 Å². The molecular formula is C22H25N5O2. The lowest BCUT2D eigenvalue weighted by Gasteiger charge is -2.32. The van der Waals surface area contributed by atoms with Crippen LogP contribution >= 0.6 is 0 Å². The number of nitrogens with zero attached hydrogens (tertiary/aromatic N) is 3. The molecule has 0 spiro atoms. The maximum Gasteiger partial charge on any atom is 0.243 e. The number of para-hydroxylation sites is 1. The smallest absolute Gasteiger partial charge is 0.243 e. The average Bonchev–Trinajstić information content (AvgIpc) is 2.78. The number of amides is 2. The number of nitrogens with one attached hydrogen (secondary N) is 2. The molecule has 29 heavy (non-hydrogen) atoms. The Labute approximate surface area is 170 Å². The summed E-state index contributed by atoms with van der Waals surface area (Å²) in [5.74, 6) is 0.395. The fourth-order valence-corrected chi connectivity index (χ4v) is 3.47. The lowest BCUT2D eigenvalue weighted by Crippen LogP contribution is -2.42. The van der Waals surface area contributed by atoms with Crippen molar-refractivity contribution in [3.63, 3.8) is 0 Å². The van der Waals surface area contributed by atoms with Crippen molar-refractivity contribution in [1.82, 2.24) is 10.3 Å². The van der Waals surface area contributed by atoms with Crippen LogP contribution in [0.15, 0.2) is 42.6 Å². The Morgan fingerprint density at radius 3 is 2.62 bits per heavy atom. The fraction of sp³-hybridized carbons (Fsp3) is 0.364. The summed E-state index contributed by atoms with van der Waals surface area (Å²) in [4.78, 5) is 31.1. The molecule has 0 saturated carbocycles. The number of nitriles is 1. The van der Waals surface area contributed by atoms with Crippen LogP contribution in [0.3, 0.4) is 0 Å². The first kappa shape index (κ1) is 20.3. The molecular weight excluding hydrogens is 366 g/mol. The highest BCUT2D eigenvalue weighted by Crippen LogP contribution is 2.22. The molecule has 2 amide bonds. The molecule has 0 bridgehead atoms. The standard InChI is InChI=1S/C22H25N5O2/c1-2-17-5-3-4-6-19(17)26-21(28)15-25-22(29)18-9-11-27(12-10-18)20-8-7-16(13-23)14-24-20/h3-8,14,18H,2,9-12,15H2,1H3,(H,25,29)(H,26,28). The van der Waals surface area contributed by atoms with E-state index in [0.29, 0.717) is 31.5 Å². The van der Waals surface area contributed by atoms with Gasteiger partial charge in [0.15, 0.2) is 0 Å². The van der Waals surface area contributed by atoms with Crippen molar-refractivity contribution in [3.8, 4) is 6.07 Å². The molecule has 0 unspecified atom stereocenters. The number of aromatic nitrogens is 1. The van der Waals surface area contributed by atoms with E-state index in [1.54, 1.807) is 12.3 Å². The molecule has 1 aromatic heterocycles. The number of hydrogen-bond donors (Lipinski definition) is 2. The topological polar surface area (TPSA) is 98.1 Å². The summed E-state index contributed by atoms with van der Waals surface area (Å²) in [5, 5.41) is 14.5. The van der Waals surface area contributed by atoms with E-state index in [0.717, 1.165) is 23.5 Å².